The number of aromatic amines is 1. The van der Waals surface area contributed by atoms with E-state index in [9.17, 15) is 24.0 Å². The third kappa shape index (κ3) is 5.93. The van der Waals surface area contributed by atoms with Crippen LogP contribution >= 0.6 is 0 Å². The maximum absolute atomic E-state index is 12.4. The molecule has 1 heterocycles. The summed E-state index contributed by atoms with van der Waals surface area (Å²) < 4.78 is 5.92. The van der Waals surface area contributed by atoms with Gasteiger partial charge in [-0.3, -0.25) is 28.7 Å². The summed E-state index contributed by atoms with van der Waals surface area (Å²) in [6.45, 7) is 6.95. The van der Waals surface area contributed by atoms with Crippen LogP contribution in [0, 0.1) is 0 Å². The minimum atomic E-state index is -0.951. The second-order valence-electron chi connectivity index (χ2n) is 8.27. The number of nitrogens with one attached hydrogen (secondary N) is 2. The zero-order valence-corrected chi connectivity index (χ0v) is 18.6. The fourth-order valence-corrected chi connectivity index (χ4v) is 2.95. The fraction of sp³-hybridized carbons (Fsp3) is 0.409. The molecule has 0 aliphatic rings. The molecule has 10 nitrogen and oxygen atoms in total. The van der Waals surface area contributed by atoms with E-state index in [2.05, 4.69) is 26.1 Å². The number of ether oxygens (including phenoxy) is 1. The normalized spacial score (nSPS) is 11.1. The Bertz CT molecular complexity index is 1120. The molecule has 0 aliphatic carbocycles. The minimum Gasteiger partial charge on any atom is -0.456 e. The molecule has 4 N–H and O–H groups in total. The Morgan fingerprint density at radius 1 is 1.12 bits per heavy atom. The Labute approximate surface area is 184 Å². The topological polar surface area (TPSA) is 153 Å². The van der Waals surface area contributed by atoms with Crippen molar-refractivity contribution in [2.45, 2.75) is 46.1 Å². The summed E-state index contributed by atoms with van der Waals surface area (Å²) in [5, 5.41) is 2.41. The lowest BCUT2D eigenvalue weighted by atomic mass is 9.87. The molecule has 0 spiro atoms. The second-order valence-corrected chi connectivity index (χ2v) is 8.27. The summed E-state index contributed by atoms with van der Waals surface area (Å²) in [7, 11) is 0. The van der Waals surface area contributed by atoms with Crippen LogP contribution in [0.5, 0.6) is 0 Å². The first-order chi connectivity index (χ1) is 15.0. The Kier molecular flexibility index (Phi) is 7.74. The number of ketones is 1. The maximum Gasteiger partial charge on any atom is 0.329 e. The van der Waals surface area contributed by atoms with Crippen molar-refractivity contribution < 1.29 is 19.1 Å². The summed E-state index contributed by atoms with van der Waals surface area (Å²) in [5.74, 6) is -2.48. The summed E-state index contributed by atoms with van der Waals surface area (Å²) in [6.07, 6.45) is 0.553. The highest BCUT2D eigenvalue weighted by Gasteiger charge is 2.21. The number of H-pyrrole nitrogens is 1. The highest BCUT2D eigenvalue weighted by molar-refractivity contribution is 6.01. The monoisotopic (exact) mass is 444 g/mol. The van der Waals surface area contributed by atoms with Crippen LogP contribution in [0.25, 0.3) is 0 Å². The summed E-state index contributed by atoms with van der Waals surface area (Å²) in [4.78, 5) is 62.3. The van der Waals surface area contributed by atoms with E-state index in [0.29, 0.717) is 12.0 Å². The van der Waals surface area contributed by atoms with Gasteiger partial charge >= 0.3 is 11.7 Å². The number of nitrogens with zero attached hydrogens (tertiary/aromatic N) is 1. The number of carbonyl (C=O) groups excluding carboxylic acids is 3. The molecule has 2 rings (SSSR count). The smallest absolute Gasteiger partial charge is 0.329 e. The number of nitrogens with two attached hydrogens (primary N) is 1. The number of nitrogen functional groups attached to an aromatic ring is 1. The number of anilines is 1. The van der Waals surface area contributed by atoms with Crippen molar-refractivity contribution in [1.82, 2.24) is 14.9 Å². The average Bonchev–Trinajstić information content (AvgIpc) is 2.72. The lowest BCUT2D eigenvalue weighted by molar-refractivity contribution is -0.141. The number of benzene rings is 1. The van der Waals surface area contributed by atoms with Gasteiger partial charge in [0.2, 0.25) is 5.78 Å². The molecule has 0 aliphatic heterocycles. The molecule has 0 radical (unpaired) electrons. The summed E-state index contributed by atoms with van der Waals surface area (Å²) in [5.41, 5.74) is 5.06. The molecule has 0 atom stereocenters. The van der Waals surface area contributed by atoms with Crippen LogP contribution in [0.4, 0.5) is 5.82 Å². The van der Waals surface area contributed by atoms with Crippen molar-refractivity contribution in [2.24, 2.45) is 0 Å². The molecular weight excluding hydrogens is 416 g/mol. The molecule has 2 aromatic rings. The highest BCUT2D eigenvalue weighted by atomic mass is 16.5. The van der Waals surface area contributed by atoms with Crippen LogP contribution in [-0.4, -0.2) is 40.4 Å². The quantitative estimate of drug-likeness (QED) is 0.405. The van der Waals surface area contributed by atoms with E-state index in [1.54, 1.807) is 19.1 Å². The zero-order valence-electron chi connectivity index (χ0n) is 18.6. The van der Waals surface area contributed by atoms with Crippen LogP contribution < -0.4 is 22.3 Å². The molecule has 10 heteroatoms. The van der Waals surface area contributed by atoms with Gasteiger partial charge in [0.05, 0.1) is 0 Å². The van der Waals surface area contributed by atoms with Gasteiger partial charge in [-0.15, -0.1) is 0 Å². The van der Waals surface area contributed by atoms with E-state index in [0.717, 1.165) is 10.1 Å². The van der Waals surface area contributed by atoms with Crippen molar-refractivity contribution in [3.05, 3.63) is 61.8 Å². The van der Waals surface area contributed by atoms with E-state index < -0.39 is 47.6 Å². The number of esters is 1. The van der Waals surface area contributed by atoms with E-state index in [4.69, 9.17) is 10.5 Å². The van der Waals surface area contributed by atoms with Crippen LogP contribution in [-0.2, 0) is 21.5 Å². The average molecular weight is 444 g/mol. The van der Waals surface area contributed by atoms with Gasteiger partial charge in [0.15, 0.2) is 6.61 Å². The third-order valence-corrected chi connectivity index (χ3v) is 4.74. The van der Waals surface area contributed by atoms with E-state index in [1.165, 1.54) is 0 Å². The molecule has 1 aromatic carbocycles. The molecule has 0 unspecified atom stereocenters. The predicted octanol–water partition coefficient (Wildman–Crippen LogP) is 0.982. The van der Waals surface area contributed by atoms with Crippen molar-refractivity contribution in [3.63, 3.8) is 0 Å². The first-order valence-corrected chi connectivity index (χ1v) is 10.2. The number of carbonyl (C=O) groups is 3. The molecule has 0 saturated carbocycles. The standard InChI is InChI=1S/C22H28N4O6/c1-5-10-26-18(23)17(20(30)25-21(26)31)15(27)12-32-16(28)11-24-19(29)13-6-8-14(9-7-13)22(2,3)4/h6-9H,5,10-12,23H2,1-4H3,(H,24,29)(H,25,30,31). The molecule has 172 valence electrons. The third-order valence-electron chi connectivity index (χ3n) is 4.74. The number of amides is 1. The van der Waals surface area contributed by atoms with Crippen molar-refractivity contribution in [1.29, 1.82) is 0 Å². The molecule has 0 fully saturated rings. The van der Waals surface area contributed by atoms with Crippen LogP contribution in [0.3, 0.4) is 0 Å². The molecule has 32 heavy (non-hydrogen) atoms. The Morgan fingerprint density at radius 2 is 1.75 bits per heavy atom. The van der Waals surface area contributed by atoms with Crippen LogP contribution in [0.2, 0.25) is 0 Å². The number of Topliss-reactive ketones (excluding diaryl/α,β-unsaturated/α-hetero) is 1. The number of hydrogen-bond acceptors (Lipinski definition) is 7. The van der Waals surface area contributed by atoms with Crippen LogP contribution in [0.15, 0.2) is 33.9 Å². The van der Waals surface area contributed by atoms with Gasteiger partial charge in [0.1, 0.15) is 17.9 Å². The van der Waals surface area contributed by atoms with E-state index >= 15 is 0 Å². The lowest BCUT2D eigenvalue weighted by Gasteiger charge is -2.19. The predicted molar refractivity (Wildman–Crippen MR) is 119 cm³/mol. The lowest BCUT2D eigenvalue weighted by Crippen LogP contribution is -2.37. The van der Waals surface area contributed by atoms with Crippen LogP contribution in [0.1, 0.15) is 60.4 Å². The fourth-order valence-electron chi connectivity index (χ4n) is 2.95. The van der Waals surface area contributed by atoms with Gasteiger partial charge in [-0.2, -0.15) is 0 Å². The maximum atomic E-state index is 12.4. The van der Waals surface area contributed by atoms with Gasteiger partial charge in [0.25, 0.3) is 11.5 Å². The Hall–Kier alpha value is -3.69. The number of rotatable bonds is 8. The van der Waals surface area contributed by atoms with Gasteiger partial charge in [-0.1, -0.05) is 39.8 Å². The molecular formula is C22H28N4O6. The Balaban J connectivity index is 1.95. The molecule has 0 saturated heterocycles. The van der Waals surface area contributed by atoms with Crippen molar-refractivity contribution >= 4 is 23.5 Å². The molecule has 0 bridgehead atoms. The summed E-state index contributed by atoms with van der Waals surface area (Å²) in [6, 6.07) is 6.99. The minimum absolute atomic E-state index is 0.0553. The SMILES string of the molecule is CCCn1c(N)c(C(=O)COC(=O)CNC(=O)c2ccc(C(C)(C)C)cc2)c(=O)[nH]c1=O. The highest BCUT2D eigenvalue weighted by Crippen LogP contribution is 2.22. The van der Waals surface area contributed by atoms with Gasteiger partial charge in [0, 0.05) is 12.1 Å². The largest absolute Gasteiger partial charge is 0.456 e. The zero-order chi connectivity index (χ0) is 24.1. The molecule has 1 aromatic heterocycles. The van der Waals surface area contributed by atoms with Gasteiger partial charge in [-0.05, 0) is 29.5 Å². The van der Waals surface area contributed by atoms with E-state index in [-0.39, 0.29) is 17.8 Å². The van der Waals surface area contributed by atoms with Crippen molar-refractivity contribution in [3.8, 4) is 0 Å². The second kappa shape index (κ2) is 10.1. The van der Waals surface area contributed by atoms with Crippen molar-refractivity contribution in [2.75, 3.05) is 18.9 Å². The van der Waals surface area contributed by atoms with Gasteiger partial charge < -0.3 is 15.8 Å². The van der Waals surface area contributed by atoms with Gasteiger partial charge in [-0.25, -0.2) is 4.79 Å². The Morgan fingerprint density at radius 3 is 2.31 bits per heavy atom. The number of hydrogen-bond donors (Lipinski definition) is 3. The summed E-state index contributed by atoms with van der Waals surface area (Å²) >= 11 is 0. The molecule has 1 amide bonds. The first-order valence-electron chi connectivity index (χ1n) is 10.2. The number of aromatic nitrogens is 2. The van der Waals surface area contributed by atoms with E-state index in [1.807, 2.05) is 17.1 Å². The first kappa shape index (κ1) is 24.6.